The van der Waals surface area contributed by atoms with Crippen LogP contribution in [0.4, 0.5) is 5.69 Å². The molecule has 0 aliphatic heterocycles. The number of nitrogens with one attached hydrogen (secondary N) is 1. The Balaban J connectivity index is 1.63. The largest absolute Gasteiger partial charge is 0.380 e. The highest BCUT2D eigenvalue weighted by atomic mass is 35.5. The molecule has 2 aromatic rings. The molecule has 0 saturated heterocycles. The van der Waals surface area contributed by atoms with Crippen molar-refractivity contribution < 1.29 is 0 Å². The van der Waals surface area contributed by atoms with Crippen molar-refractivity contribution in [2.75, 3.05) is 5.32 Å². The van der Waals surface area contributed by atoms with E-state index >= 15 is 0 Å². The third-order valence-corrected chi connectivity index (χ3v) is 4.65. The quantitative estimate of drug-likeness (QED) is 0.867. The lowest BCUT2D eigenvalue weighted by Gasteiger charge is -2.41. The van der Waals surface area contributed by atoms with E-state index in [0.29, 0.717) is 12.0 Å². The fourth-order valence-electron chi connectivity index (χ4n) is 3.32. The molecule has 3 nitrogen and oxygen atoms in total. The van der Waals surface area contributed by atoms with E-state index in [9.17, 15) is 0 Å². The summed E-state index contributed by atoms with van der Waals surface area (Å²) in [7, 11) is 0. The standard InChI is InChI=1S/C16H16ClN3/c17-12-5-6-16(20-8-2-7-18-20)15(10-12)19-14-9-11-3-1-4-13(11)14/h1-2,4-8,10-11,13-14,19H,3,9H2. The first-order valence-corrected chi connectivity index (χ1v) is 7.42. The number of allylic oxidation sites excluding steroid dienone is 1. The van der Waals surface area contributed by atoms with Crippen LogP contribution in [0.2, 0.25) is 5.02 Å². The van der Waals surface area contributed by atoms with Crippen LogP contribution in [-0.2, 0) is 0 Å². The van der Waals surface area contributed by atoms with Gasteiger partial charge < -0.3 is 5.32 Å². The van der Waals surface area contributed by atoms with Crippen LogP contribution in [0.1, 0.15) is 12.8 Å². The highest BCUT2D eigenvalue weighted by Crippen LogP contribution is 2.44. The summed E-state index contributed by atoms with van der Waals surface area (Å²) in [6.45, 7) is 0. The van der Waals surface area contributed by atoms with Crippen LogP contribution in [0.5, 0.6) is 0 Å². The lowest BCUT2D eigenvalue weighted by molar-refractivity contribution is 0.218. The molecule has 4 rings (SSSR count). The number of halogens is 1. The second kappa shape index (κ2) is 4.67. The average molecular weight is 286 g/mol. The van der Waals surface area contributed by atoms with Crippen molar-refractivity contribution in [1.82, 2.24) is 9.78 Å². The smallest absolute Gasteiger partial charge is 0.0877 e. The summed E-state index contributed by atoms with van der Waals surface area (Å²) in [5.41, 5.74) is 2.11. The second-order valence-electron chi connectivity index (χ2n) is 5.60. The van der Waals surface area contributed by atoms with Crippen LogP contribution < -0.4 is 5.32 Å². The maximum Gasteiger partial charge on any atom is 0.0877 e. The zero-order valence-electron chi connectivity index (χ0n) is 11.0. The van der Waals surface area contributed by atoms with Gasteiger partial charge in [-0.3, -0.25) is 0 Å². The lowest BCUT2D eigenvalue weighted by Crippen LogP contribution is -2.43. The van der Waals surface area contributed by atoms with E-state index in [2.05, 4.69) is 22.6 Å². The van der Waals surface area contributed by atoms with Gasteiger partial charge in [0.2, 0.25) is 0 Å². The molecule has 3 atom stereocenters. The Morgan fingerprint density at radius 3 is 3.10 bits per heavy atom. The summed E-state index contributed by atoms with van der Waals surface area (Å²) in [5.74, 6) is 1.53. The fraction of sp³-hybridized carbons (Fsp3) is 0.312. The maximum absolute atomic E-state index is 6.15. The van der Waals surface area contributed by atoms with E-state index in [4.69, 9.17) is 11.6 Å². The van der Waals surface area contributed by atoms with E-state index in [-0.39, 0.29) is 0 Å². The Hall–Kier alpha value is -1.74. The van der Waals surface area contributed by atoms with Gasteiger partial charge >= 0.3 is 0 Å². The van der Waals surface area contributed by atoms with E-state index in [1.54, 1.807) is 6.20 Å². The predicted octanol–water partition coefficient (Wildman–Crippen LogP) is 3.90. The highest BCUT2D eigenvalue weighted by Gasteiger charge is 2.41. The van der Waals surface area contributed by atoms with Gasteiger partial charge in [0.25, 0.3) is 0 Å². The Bertz CT molecular complexity index is 648. The molecule has 3 unspecified atom stereocenters. The van der Waals surface area contributed by atoms with Crippen molar-refractivity contribution in [3.63, 3.8) is 0 Å². The molecular formula is C16H16ClN3. The number of fused-ring (bicyclic) bond motifs is 1. The molecule has 0 spiro atoms. The van der Waals surface area contributed by atoms with Crippen molar-refractivity contribution in [2.45, 2.75) is 18.9 Å². The Kier molecular flexibility index (Phi) is 2.81. The van der Waals surface area contributed by atoms with Gasteiger partial charge in [-0.15, -0.1) is 0 Å². The monoisotopic (exact) mass is 285 g/mol. The molecule has 20 heavy (non-hydrogen) atoms. The molecule has 1 saturated carbocycles. The third-order valence-electron chi connectivity index (χ3n) is 4.41. The van der Waals surface area contributed by atoms with Crippen molar-refractivity contribution in [3.05, 3.63) is 53.8 Å². The molecule has 1 aromatic heterocycles. The summed E-state index contributed by atoms with van der Waals surface area (Å²) in [6.07, 6.45) is 10.9. The first-order valence-electron chi connectivity index (χ1n) is 7.04. The molecular weight excluding hydrogens is 270 g/mol. The number of aromatic nitrogens is 2. The van der Waals surface area contributed by atoms with E-state index < -0.39 is 0 Å². The molecule has 0 radical (unpaired) electrons. The van der Waals surface area contributed by atoms with Gasteiger partial charge in [0.15, 0.2) is 0 Å². The topological polar surface area (TPSA) is 29.9 Å². The van der Waals surface area contributed by atoms with Gasteiger partial charge in [-0.05, 0) is 43.0 Å². The lowest BCUT2D eigenvalue weighted by atomic mass is 9.71. The van der Waals surface area contributed by atoms with Gasteiger partial charge in [-0.25, -0.2) is 4.68 Å². The Morgan fingerprint density at radius 1 is 1.35 bits per heavy atom. The molecule has 1 N–H and O–H groups in total. The molecule has 1 aromatic carbocycles. The van der Waals surface area contributed by atoms with Crippen LogP contribution in [0.3, 0.4) is 0 Å². The molecule has 0 bridgehead atoms. The SMILES string of the molecule is Clc1ccc(-n2cccn2)c(NC2CC3CC=CC32)c1. The third kappa shape index (κ3) is 1.93. The number of hydrogen-bond donors (Lipinski definition) is 1. The molecule has 102 valence electrons. The normalized spacial score (nSPS) is 27.1. The molecule has 1 heterocycles. The first kappa shape index (κ1) is 12.0. The minimum Gasteiger partial charge on any atom is -0.380 e. The number of anilines is 1. The number of benzene rings is 1. The number of rotatable bonds is 3. The van der Waals surface area contributed by atoms with Crippen LogP contribution >= 0.6 is 11.6 Å². The zero-order valence-corrected chi connectivity index (χ0v) is 11.8. The van der Waals surface area contributed by atoms with Crippen LogP contribution in [-0.4, -0.2) is 15.8 Å². The molecule has 4 heteroatoms. The molecule has 1 fully saturated rings. The Morgan fingerprint density at radius 2 is 2.30 bits per heavy atom. The summed E-state index contributed by atoms with van der Waals surface area (Å²) in [5, 5.41) is 8.72. The van der Waals surface area contributed by atoms with Gasteiger partial charge in [0.05, 0.1) is 11.4 Å². The van der Waals surface area contributed by atoms with Crippen molar-refractivity contribution in [3.8, 4) is 5.69 Å². The van der Waals surface area contributed by atoms with Crippen LogP contribution in [0.15, 0.2) is 48.8 Å². The van der Waals surface area contributed by atoms with Gasteiger partial charge in [0.1, 0.15) is 0 Å². The summed E-state index contributed by atoms with van der Waals surface area (Å²) in [4.78, 5) is 0. The minimum atomic E-state index is 0.520. The summed E-state index contributed by atoms with van der Waals surface area (Å²) < 4.78 is 1.87. The van der Waals surface area contributed by atoms with Crippen molar-refractivity contribution in [1.29, 1.82) is 0 Å². The maximum atomic E-state index is 6.15. The minimum absolute atomic E-state index is 0.520. The van der Waals surface area contributed by atoms with E-state index in [0.717, 1.165) is 22.3 Å². The first-order chi connectivity index (χ1) is 9.81. The zero-order chi connectivity index (χ0) is 13.5. The molecule has 0 amide bonds. The predicted molar refractivity (Wildman–Crippen MR) is 81.3 cm³/mol. The Labute approximate surface area is 123 Å². The van der Waals surface area contributed by atoms with Gasteiger partial charge in [-0.1, -0.05) is 23.8 Å². The summed E-state index contributed by atoms with van der Waals surface area (Å²) >= 11 is 6.15. The molecule has 2 aliphatic rings. The second-order valence-corrected chi connectivity index (χ2v) is 6.04. The van der Waals surface area contributed by atoms with E-state index in [1.165, 1.54) is 12.8 Å². The number of nitrogens with zero attached hydrogens (tertiary/aromatic N) is 2. The van der Waals surface area contributed by atoms with Gasteiger partial charge in [0, 0.05) is 29.4 Å². The van der Waals surface area contributed by atoms with Crippen LogP contribution in [0.25, 0.3) is 5.69 Å². The van der Waals surface area contributed by atoms with Crippen molar-refractivity contribution in [2.24, 2.45) is 11.8 Å². The van der Waals surface area contributed by atoms with Crippen molar-refractivity contribution >= 4 is 17.3 Å². The average Bonchev–Trinajstić information content (AvgIpc) is 3.05. The molecule has 2 aliphatic carbocycles. The highest BCUT2D eigenvalue weighted by molar-refractivity contribution is 6.31. The summed E-state index contributed by atoms with van der Waals surface area (Å²) in [6, 6.07) is 8.36. The number of hydrogen-bond acceptors (Lipinski definition) is 2. The van der Waals surface area contributed by atoms with Gasteiger partial charge in [-0.2, -0.15) is 5.10 Å². The van der Waals surface area contributed by atoms with E-state index in [1.807, 2.05) is 35.1 Å². The fourth-order valence-corrected chi connectivity index (χ4v) is 3.49. The van der Waals surface area contributed by atoms with Crippen LogP contribution in [0, 0.1) is 11.8 Å².